The van der Waals surface area contributed by atoms with E-state index in [1.165, 1.54) is 30.0 Å². The molecule has 0 aliphatic heterocycles. The van der Waals surface area contributed by atoms with Gasteiger partial charge in [0.15, 0.2) is 0 Å². The molecule has 4 aromatic carbocycles. The van der Waals surface area contributed by atoms with Crippen molar-refractivity contribution in [2.75, 3.05) is 0 Å². The normalized spacial score (nSPS) is 12.0. The number of nitrogens with zero attached hydrogens (tertiary/aromatic N) is 1. The Morgan fingerprint density at radius 2 is 1.10 bits per heavy atom. The molecule has 0 radical (unpaired) electrons. The Kier molecular flexibility index (Phi) is 5.46. The lowest BCUT2D eigenvalue weighted by molar-refractivity contribution is 0.387. The molecule has 7 heteroatoms. The number of hydrogen-bond donors (Lipinski definition) is 2. The van der Waals surface area contributed by atoms with Gasteiger partial charge in [-0.3, -0.25) is 4.57 Å². The van der Waals surface area contributed by atoms with E-state index in [1.54, 1.807) is 12.1 Å². The minimum atomic E-state index is -4.23. The topological polar surface area (TPSA) is 62.5 Å². The summed E-state index contributed by atoms with van der Waals surface area (Å²) in [5.41, 5.74) is 5.30. The van der Waals surface area contributed by atoms with Crippen molar-refractivity contribution in [2.24, 2.45) is 0 Å². The third kappa shape index (κ3) is 3.96. The van der Waals surface area contributed by atoms with Crippen LogP contribution in [-0.2, 0) is 4.57 Å². The van der Waals surface area contributed by atoms with Crippen LogP contribution in [0.15, 0.2) is 84.9 Å². The number of rotatable bonds is 3. The molecule has 0 saturated carbocycles. The lowest BCUT2D eigenvalue weighted by Gasteiger charge is -2.10. The molecule has 0 aliphatic rings. The van der Waals surface area contributed by atoms with E-state index in [9.17, 15) is 14.4 Å². The number of hydrogen-bond acceptors (Lipinski definition) is 1. The average Bonchev–Trinajstić information content (AvgIpc) is 3.06. The van der Waals surface area contributed by atoms with Gasteiger partial charge in [-0.1, -0.05) is 24.3 Å². The fourth-order valence-electron chi connectivity index (χ4n) is 3.90. The first kappa shape index (κ1) is 21.2. The van der Waals surface area contributed by atoms with Gasteiger partial charge in [-0.05, 0) is 117 Å². The molecule has 0 bridgehead atoms. The van der Waals surface area contributed by atoms with Gasteiger partial charge in [0.25, 0.3) is 0 Å². The van der Waals surface area contributed by atoms with Gasteiger partial charge >= 0.3 is 7.60 Å². The minimum absolute atomic E-state index is 0.0300. The molecule has 1 heterocycles. The predicted molar refractivity (Wildman–Crippen MR) is 143 cm³/mol. The Balaban J connectivity index is 1.62. The molecule has 4 nitrogen and oxygen atoms in total. The molecule has 5 aromatic rings. The van der Waals surface area contributed by atoms with Gasteiger partial charge in [0.1, 0.15) is 0 Å². The third-order valence-electron chi connectivity index (χ3n) is 5.35. The third-order valence-corrected chi connectivity index (χ3v) is 7.66. The van der Waals surface area contributed by atoms with Crippen molar-refractivity contribution >= 4 is 79.9 Å². The maximum absolute atomic E-state index is 11.4. The molecule has 154 valence electrons. The minimum Gasteiger partial charge on any atom is -0.321 e. The van der Waals surface area contributed by atoms with Crippen molar-refractivity contribution < 1.29 is 14.4 Å². The van der Waals surface area contributed by atoms with Crippen LogP contribution in [0, 0.1) is 7.14 Å². The van der Waals surface area contributed by atoms with Crippen molar-refractivity contribution in [3.8, 4) is 16.8 Å². The average molecular weight is 651 g/mol. The first-order valence-electron chi connectivity index (χ1n) is 9.47. The Labute approximate surface area is 206 Å². The van der Waals surface area contributed by atoms with Gasteiger partial charge in [-0.15, -0.1) is 0 Å². The molecule has 0 spiro atoms. The Bertz CT molecular complexity index is 1430. The van der Waals surface area contributed by atoms with Gasteiger partial charge in [0.2, 0.25) is 0 Å². The second kappa shape index (κ2) is 8.01. The smallest absolute Gasteiger partial charge is 0.321 e. The number of fused-ring (bicyclic) bond motifs is 3. The van der Waals surface area contributed by atoms with Crippen LogP contribution in [0.3, 0.4) is 0 Å². The van der Waals surface area contributed by atoms with Crippen LogP contribution >= 0.6 is 52.8 Å². The van der Waals surface area contributed by atoms with E-state index < -0.39 is 7.60 Å². The highest BCUT2D eigenvalue weighted by atomic mass is 127. The molecule has 0 aliphatic carbocycles. The van der Waals surface area contributed by atoms with Crippen LogP contribution in [0.5, 0.6) is 0 Å². The van der Waals surface area contributed by atoms with Crippen molar-refractivity contribution in [1.29, 1.82) is 0 Å². The van der Waals surface area contributed by atoms with E-state index in [-0.39, 0.29) is 5.30 Å². The van der Waals surface area contributed by atoms with E-state index in [1.807, 2.05) is 12.1 Å². The second-order valence-corrected chi connectivity index (χ2v) is 11.4. The van der Waals surface area contributed by atoms with E-state index in [4.69, 9.17) is 0 Å². The molecular weight excluding hydrogens is 635 g/mol. The summed E-state index contributed by atoms with van der Waals surface area (Å²) in [4.78, 5) is 18.6. The van der Waals surface area contributed by atoms with Crippen LogP contribution < -0.4 is 5.30 Å². The zero-order chi connectivity index (χ0) is 21.8. The van der Waals surface area contributed by atoms with Gasteiger partial charge in [0.05, 0.1) is 16.3 Å². The first-order chi connectivity index (χ1) is 14.8. The largest absolute Gasteiger partial charge is 0.356 e. The zero-order valence-electron chi connectivity index (χ0n) is 16.0. The number of halogens is 2. The molecule has 0 atom stereocenters. The van der Waals surface area contributed by atoms with Gasteiger partial charge in [-0.25, -0.2) is 0 Å². The predicted octanol–water partition coefficient (Wildman–Crippen LogP) is 6.46. The molecule has 0 fully saturated rings. The summed E-state index contributed by atoms with van der Waals surface area (Å²) in [5, 5.41) is 2.50. The van der Waals surface area contributed by atoms with Crippen molar-refractivity contribution in [3.63, 3.8) is 0 Å². The molecule has 0 amide bonds. The quantitative estimate of drug-likeness (QED) is 0.174. The molecule has 1 aromatic heterocycles. The lowest BCUT2D eigenvalue weighted by atomic mass is 10.1. The Morgan fingerprint density at radius 3 is 1.55 bits per heavy atom. The number of benzene rings is 4. The van der Waals surface area contributed by atoms with Gasteiger partial charge in [0, 0.05) is 23.6 Å². The van der Waals surface area contributed by atoms with Crippen LogP contribution in [0.2, 0.25) is 0 Å². The van der Waals surface area contributed by atoms with E-state index in [0.29, 0.717) is 0 Å². The highest BCUT2D eigenvalue weighted by Gasteiger charge is 2.16. The lowest BCUT2D eigenvalue weighted by Crippen LogP contribution is -2.02. The molecule has 0 unspecified atom stereocenters. The van der Waals surface area contributed by atoms with Crippen molar-refractivity contribution in [2.45, 2.75) is 0 Å². The zero-order valence-corrected chi connectivity index (χ0v) is 21.2. The summed E-state index contributed by atoms with van der Waals surface area (Å²) in [7, 11) is -4.23. The molecule has 2 N–H and O–H groups in total. The standard InChI is InChI=1S/C24H16I2NO3P/c25-17-5-11-23-21(13-17)22-14-18(26)6-12-24(22)27(23)19-7-1-15(2-8-19)16-3-9-20(10-4-16)31(28,29)30/h1-14H,(H2,28,29,30). The molecule has 31 heavy (non-hydrogen) atoms. The highest BCUT2D eigenvalue weighted by Crippen LogP contribution is 2.35. The summed E-state index contributed by atoms with van der Waals surface area (Å²) in [6, 6.07) is 27.7. The monoisotopic (exact) mass is 651 g/mol. The van der Waals surface area contributed by atoms with Crippen molar-refractivity contribution in [3.05, 3.63) is 92.1 Å². The van der Waals surface area contributed by atoms with E-state index >= 15 is 0 Å². The van der Waals surface area contributed by atoms with Gasteiger partial charge < -0.3 is 14.4 Å². The number of aromatic nitrogens is 1. The van der Waals surface area contributed by atoms with Crippen LogP contribution in [0.1, 0.15) is 0 Å². The molecule has 0 saturated heterocycles. The van der Waals surface area contributed by atoms with Crippen LogP contribution in [-0.4, -0.2) is 14.4 Å². The molecule has 5 rings (SSSR count). The summed E-state index contributed by atoms with van der Waals surface area (Å²) < 4.78 is 16.1. The van der Waals surface area contributed by atoms with Crippen LogP contribution in [0.25, 0.3) is 38.6 Å². The van der Waals surface area contributed by atoms with Crippen molar-refractivity contribution in [1.82, 2.24) is 4.57 Å². The Hall–Kier alpha value is -1.71. The SMILES string of the molecule is O=P(O)(O)c1ccc(-c2ccc(-n3c4ccc(I)cc4c4cc(I)ccc43)cc2)cc1. The summed E-state index contributed by atoms with van der Waals surface area (Å²) in [6.07, 6.45) is 0. The Morgan fingerprint density at radius 1 is 0.645 bits per heavy atom. The van der Waals surface area contributed by atoms with E-state index in [2.05, 4.69) is 98.3 Å². The fourth-order valence-corrected chi connectivity index (χ4v) is 5.42. The van der Waals surface area contributed by atoms with Gasteiger partial charge in [-0.2, -0.15) is 0 Å². The summed E-state index contributed by atoms with van der Waals surface area (Å²) in [6.45, 7) is 0. The first-order valence-corrected chi connectivity index (χ1v) is 13.2. The highest BCUT2D eigenvalue weighted by molar-refractivity contribution is 14.1. The fraction of sp³-hybridized carbons (Fsp3) is 0. The maximum Gasteiger partial charge on any atom is 0.356 e. The summed E-state index contributed by atoms with van der Waals surface area (Å²) >= 11 is 4.70. The maximum atomic E-state index is 11.4. The van der Waals surface area contributed by atoms with E-state index in [0.717, 1.165) is 27.8 Å². The molecular formula is C24H16I2NO3P. The van der Waals surface area contributed by atoms with Crippen LogP contribution in [0.4, 0.5) is 0 Å². The second-order valence-electron chi connectivity index (χ2n) is 7.30. The summed E-state index contributed by atoms with van der Waals surface area (Å²) in [5.74, 6) is 0.